The third-order valence-electron chi connectivity index (χ3n) is 3.34. The van der Waals surface area contributed by atoms with Crippen LogP contribution < -0.4 is 0 Å². The number of carbonyl (C=O) groups is 1. The third kappa shape index (κ3) is 6.09. The van der Waals surface area contributed by atoms with E-state index in [0.717, 1.165) is 24.4 Å². The van der Waals surface area contributed by atoms with Crippen molar-refractivity contribution in [1.29, 1.82) is 0 Å². The number of aromatic nitrogens is 1. The minimum Gasteiger partial charge on any atom is -0.293 e. The molecule has 1 rings (SSSR count). The van der Waals surface area contributed by atoms with Crippen LogP contribution in [0.2, 0.25) is 0 Å². The van der Waals surface area contributed by atoms with E-state index in [0.29, 0.717) is 5.69 Å². The molecule has 0 radical (unpaired) electrons. The van der Waals surface area contributed by atoms with Gasteiger partial charge in [0.2, 0.25) is 0 Å². The number of rotatable bonds is 9. The smallest absolute Gasteiger partial charge is 0.178 e. The summed E-state index contributed by atoms with van der Waals surface area (Å²) in [5.41, 5.74) is 2.24. The van der Waals surface area contributed by atoms with Crippen LogP contribution in [0.4, 0.5) is 0 Å². The first-order valence-corrected chi connectivity index (χ1v) is 7.64. The molecule has 0 N–H and O–H groups in total. The molecule has 0 aliphatic heterocycles. The van der Waals surface area contributed by atoms with Gasteiger partial charge in [-0.1, -0.05) is 45.1 Å². The molecule has 20 heavy (non-hydrogen) atoms. The molecule has 0 fully saturated rings. The minimum atomic E-state index is -0.00410. The molecule has 0 amide bonds. The molecule has 0 aliphatic rings. The van der Waals surface area contributed by atoms with Gasteiger partial charge in [-0.05, 0) is 25.5 Å². The van der Waals surface area contributed by atoms with E-state index in [9.17, 15) is 4.79 Å². The van der Waals surface area contributed by atoms with Gasteiger partial charge < -0.3 is 0 Å². The van der Waals surface area contributed by atoms with E-state index in [2.05, 4.69) is 16.9 Å². The van der Waals surface area contributed by atoms with Gasteiger partial charge in [0.15, 0.2) is 5.78 Å². The Kier molecular flexibility index (Phi) is 7.78. The molecule has 1 aromatic heterocycles. The van der Waals surface area contributed by atoms with Crippen molar-refractivity contribution in [3.05, 3.63) is 29.6 Å². The Labute approximate surface area is 122 Å². The Balaban J connectivity index is 2.40. The van der Waals surface area contributed by atoms with Gasteiger partial charge in [-0.25, -0.2) is 4.98 Å². The van der Waals surface area contributed by atoms with Crippen LogP contribution in [-0.2, 0) is 0 Å². The summed E-state index contributed by atoms with van der Waals surface area (Å²) in [4.78, 5) is 20.2. The molecule has 0 aliphatic carbocycles. The van der Waals surface area contributed by atoms with Crippen molar-refractivity contribution in [1.82, 2.24) is 4.98 Å². The molecule has 0 unspecified atom stereocenters. The predicted molar refractivity (Wildman–Crippen MR) is 84.7 cm³/mol. The standard InChI is InChI=1S/C17H26N2O/c1-4-5-6-7-8-9-13-18-14(2)16-11-10-12-17(19-16)15(3)20/h10-12H,4-9,13H2,1-3H3/b18-14-. The molecule has 1 aromatic rings. The number of ketones is 1. The highest BCUT2D eigenvalue weighted by atomic mass is 16.1. The second-order valence-electron chi connectivity index (χ2n) is 5.20. The molecule has 0 bridgehead atoms. The second kappa shape index (κ2) is 9.40. The second-order valence-corrected chi connectivity index (χ2v) is 5.20. The maximum absolute atomic E-state index is 11.3. The largest absolute Gasteiger partial charge is 0.293 e. The van der Waals surface area contributed by atoms with E-state index in [-0.39, 0.29) is 5.78 Å². The molecule has 1 heterocycles. The zero-order valence-electron chi connectivity index (χ0n) is 13.0. The van der Waals surface area contributed by atoms with Crippen molar-refractivity contribution in [2.75, 3.05) is 6.54 Å². The van der Waals surface area contributed by atoms with Crippen LogP contribution in [0, 0.1) is 0 Å². The summed E-state index contributed by atoms with van der Waals surface area (Å²) < 4.78 is 0. The SMILES string of the molecule is CCCCCCCC/N=C(/C)c1cccc(C(C)=O)n1. The van der Waals surface area contributed by atoms with E-state index >= 15 is 0 Å². The first-order valence-electron chi connectivity index (χ1n) is 7.64. The fraction of sp³-hybridized carbons (Fsp3) is 0.588. The van der Waals surface area contributed by atoms with Crippen LogP contribution in [0.25, 0.3) is 0 Å². The van der Waals surface area contributed by atoms with Crippen LogP contribution in [0.3, 0.4) is 0 Å². The molecule has 0 atom stereocenters. The lowest BCUT2D eigenvalue weighted by Gasteiger charge is -2.03. The van der Waals surface area contributed by atoms with Crippen LogP contribution in [0.1, 0.15) is 75.5 Å². The van der Waals surface area contributed by atoms with E-state index in [1.54, 1.807) is 6.07 Å². The van der Waals surface area contributed by atoms with Crippen LogP contribution in [0.5, 0.6) is 0 Å². The first kappa shape index (κ1) is 16.5. The Morgan fingerprint density at radius 2 is 1.70 bits per heavy atom. The summed E-state index contributed by atoms with van der Waals surface area (Å²) in [5, 5.41) is 0. The average molecular weight is 274 g/mol. The van der Waals surface area contributed by atoms with E-state index in [1.807, 2.05) is 19.1 Å². The van der Waals surface area contributed by atoms with Gasteiger partial charge >= 0.3 is 0 Å². The molecular weight excluding hydrogens is 248 g/mol. The van der Waals surface area contributed by atoms with Crippen molar-refractivity contribution < 1.29 is 4.79 Å². The Morgan fingerprint density at radius 1 is 1.05 bits per heavy atom. The number of carbonyl (C=O) groups excluding carboxylic acids is 1. The number of hydrogen-bond donors (Lipinski definition) is 0. The molecule has 0 saturated carbocycles. The van der Waals surface area contributed by atoms with Gasteiger partial charge in [0, 0.05) is 13.5 Å². The maximum Gasteiger partial charge on any atom is 0.178 e. The highest BCUT2D eigenvalue weighted by Crippen LogP contribution is 2.06. The summed E-state index contributed by atoms with van der Waals surface area (Å²) in [5.74, 6) is -0.00410. The number of Topliss-reactive ketones (excluding diaryl/α,β-unsaturated/α-hetero) is 1. The fourth-order valence-corrected chi connectivity index (χ4v) is 2.05. The zero-order chi connectivity index (χ0) is 14.8. The quantitative estimate of drug-likeness (QED) is 0.379. The maximum atomic E-state index is 11.3. The number of pyridine rings is 1. The normalized spacial score (nSPS) is 11.7. The highest BCUT2D eigenvalue weighted by Gasteiger charge is 2.04. The molecule has 0 aromatic carbocycles. The van der Waals surface area contributed by atoms with Crippen LogP contribution in [0.15, 0.2) is 23.2 Å². The van der Waals surface area contributed by atoms with Crippen molar-refractivity contribution >= 4 is 11.5 Å². The topological polar surface area (TPSA) is 42.3 Å². The molecule has 3 nitrogen and oxygen atoms in total. The number of unbranched alkanes of at least 4 members (excludes halogenated alkanes) is 5. The summed E-state index contributed by atoms with van der Waals surface area (Å²) in [6.07, 6.45) is 7.65. The molecular formula is C17H26N2O. The fourth-order valence-electron chi connectivity index (χ4n) is 2.05. The Bertz CT molecular complexity index is 452. The molecule has 0 spiro atoms. The monoisotopic (exact) mass is 274 g/mol. The van der Waals surface area contributed by atoms with Gasteiger partial charge in [0.1, 0.15) is 5.69 Å². The van der Waals surface area contributed by atoms with E-state index < -0.39 is 0 Å². The van der Waals surface area contributed by atoms with Gasteiger partial charge in [0.05, 0.1) is 11.4 Å². The van der Waals surface area contributed by atoms with Gasteiger partial charge in [-0.2, -0.15) is 0 Å². The number of hydrogen-bond acceptors (Lipinski definition) is 3. The average Bonchev–Trinajstić information content (AvgIpc) is 2.46. The summed E-state index contributed by atoms with van der Waals surface area (Å²) in [7, 11) is 0. The van der Waals surface area contributed by atoms with Gasteiger partial charge in [-0.3, -0.25) is 9.79 Å². The zero-order valence-corrected chi connectivity index (χ0v) is 13.0. The summed E-state index contributed by atoms with van der Waals surface area (Å²) in [6.45, 7) is 6.58. The van der Waals surface area contributed by atoms with Crippen molar-refractivity contribution in [3.8, 4) is 0 Å². The van der Waals surface area contributed by atoms with Crippen molar-refractivity contribution in [2.24, 2.45) is 4.99 Å². The summed E-state index contributed by atoms with van der Waals surface area (Å²) >= 11 is 0. The van der Waals surface area contributed by atoms with Gasteiger partial charge in [0.25, 0.3) is 0 Å². The lowest BCUT2D eigenvalue weighted by Crippen LogP contribution is -2.05. The third-order valence-corrected chi connectivity index (χ3v) is 3.34. The van der Waals surface area contributed by atoms with Crippen molar-refractivity contribution in [3.63, 3.8) is 0 Å². The van der Waals surface area contributed by atoms with E-state index in [1.165, 1.54) is 39.0 Å². The predicted octanol–water partition coefficient (Wildman–Crippen LogP) is 4.45. The minimum absolute atomic E-state index is 0.00410. The van der Waals surface area contributed by atoms with Crippen molar-refractivity contribution in [2.45, 2.75) is 59.3 Å². The molecule has 3 heteroatoms. The first-order chi connectivity index (χ1) is 9.65. The molecule has 110 valence electrons. The number of aliphatic imine (C=N–C) groups is 1. The lowest BCUT2D eigenvalue weighted by molar-refractivity contribution is 0.101. The van der Waals surface area contributed by atoms with Gasteiger partial charge in [-0.15, -0.1) is 0 Å². The molecule has 0 saturated heterocycles. The summed E-state index contributed by atoms with van der Waals surface area (Å²) in [6, 6.07) is 5.52. The van der Waals surface area contributed by atoms with Crippen LogP contribution in [-0.4, -0.2) is 23.0 Å². The number of nitrogens with zero attached hydrogens (tertiary/aromatic N) is 2. The Morgan fingerprint density at radius 3 is 2.40 bits per heavy atom. The van der Waals surface area contributed by atoms with Crippen LogP contribution >= 0.6 is 0 Å². The highest BCUT2D eigenvalue weighted by molar-refractivity contribution is 5.99. The Hall–Kier alpha value is -1.51. The van der Waals surface area contributed by atoms with E-state index in [4.69, 9.17) is 0 Å². The lowest BCUT2D eigenvalue weighted by atomic mass is 10.1.